The molecule has 0 aliphatic carbocycles. The average Bonchev–Trinajstić information content (AvgIpc) is 2.63. The lowest BCUT2D eigenvalue weighted by molar-refractivity contribution is -0.458. The number of piperidine rings is 1. The van der Waals surface area contributed by atoms with E-state index in [-0.39, 0.29) is 18.1 Å². The zero-order chi connectivity index (χ0) is 18.9. The fraction of sp³-hybridized carbons (Fsp3) is 0.700. The Bertz CT molecular complexity index is 601. The summed E-state index contributed by atoms with van der Waals surface area (Å²) in [6.45, 7) is 7.19. The Morgan fingerprint density at radius 3 is 2.31 bits per heavy atom. The van der Waals surface area contributed by atoms with Crippen molar-refractivity contribution in [3.63, 3.8) is 0 Å². The van der Waals surface area contributed by atoms with Crippen molar-refractivity contribution in [3.05, 3.63) is 35.9 Å². The lowest BCUT2D eigenvalue weighted by Gasteiger charge is -2.56. The third-order valence-corrected chi connectivity index (χ3v) is 5.88. The second-order valence-corrected chi connectivity index (χ2v) is 7.56. The first kappa shape index (κ1) is 19.7. The highest BCUT2D eigenvalue weighted by molar-refractivity contribution is 5.15. The van der Waals surface area contributed by atoms with Crippen LogP contribution in [-0.2, 0) is 25.5 Å². The third kappa shape index (κ3) is 3.53. The molecular weight excluding hydrogens is 337 g/mol. The molecule has 0 aromatic heterocycles. The second kappa shape index (κ2) is 7.52. The fourth-order valence-corrected chi connectivity index (χ4v) is 3.99. The summed E-state index contributed by atoms with van der Waals surface area (Å²) in [5.74, 6) is -2.46. The van der Waals surface area contributed by atoms with Crippen molar-refractivity contribution in [1.82, 2.24) is 4.90 Å². The highest BCUT2D eigenvalue weighted by Crippen LogP contribution is 2.43. The maximum absolute atomic E-state index is 14.5. The Kier molecular flexibility index (Phi) is 5.70. The van der Waals surface area contributed by atoms with E-state index < -0.39 is 17.7 Å². The van der Waals surface area contributed by atoms with Crippen LogP contribution in [0.4, 0.5) is 4.39 Å². The molecular formula is C20H30FNO4. The van der Waals surface area contributed by atoms with Gasteiger partial charge in [0.05, 0.1) is 6.10 Å². The van der Waals surface area contributed by atoms with Gasteiger partial charge in [0.15, 0.2) is 0 Å². The molecule has 0 saturated carbocycles. The molecule has 1 unspecified atom stereocenters. The van der Waals surface area contributed by atoms with Crippen LogP contribution >= 0.6 is 0 Å². The molecule has 26 heavy (non-hydrogen) atoms. The summed E-state index contributed by atoms with van der Waals surface area (Å²) >= 11 is 0. The summed E-state index contributed by atoms with van der Waals surface area (Å²) in [6.07, 6.45) is -1.68. The number of hydrogen-bond donors (Lipinski definition) is 0. The van der Waals surface area contributed by atoms with Crippen LogP contribution < -0.4 is 0 Å². The van der Waals surface area contributed by atoms with E-state index in [1.165, 1.54) is 5.56 Å². The molecule has 0 N–H and O–H groups in total. The number of alkyl halides is 1. The van der Waals surface area contributed by atoms with Crippen LogP contribution in [0.3, 0.4) is 0 Å². The largest absolute Gasteiger partial charge is 0.349 e. The number of ether oxygens (including phenoxy) is 4. The average molecular weight is 367 g/mol. The number of rotatable bonds is 5. The van der Waals surface area contributed by atoms with Crippen LogP contribution in [0.1, 0.15) is 26.3 Å². The smallest absolute Gasteiger partial charge is 0.220 e. The number of hydrogen-bond acceptors (Lipinski definition) is 5. The van der Waals surface area contributed by atoms with Crippen molar-refractivity contribution < 1.29 is 23.3 Å². The lowest BCUT2D eigenvalue weighted by atomic mass is 9.86. The predicted molar refractivity (Wildman–Crippen MR) is 96.4 cm³/mol. The van der Waals surface area contributed by atoms with Crippen LogP contribution in [0.2, 0.25) is 0 Å². The number of likely N-dealkylation sites (tertiary alicyclic amines) is 1. The van der Waals surface area contributed by atoms with Gasteiger partial charge in [-0.2, -0.15) is 0 Å². The Labute approximate surface area is 155 Å². The topological polar surface area (TPSA) is 40.2 Å². The van der Waals surface area contributed by atoms with Gasteiger partial charge in [0.25, 0.3) is 0 Å². The van der Waals surface area contributed by atoms with E-state index in [0.717, 1.165) is 6.54 Å². The van der Waals surface area contributed by atoms with Crippen molar-refractivity contribution in [2.45, 2.75) is 57.3 Å². The zero-order valence-electron chi connectivity index (χ0n) is 16.3. The second-order valence-electron chi connectivity index (χ2n) is 7.56. The maximum Gasteiger partial charge on any atom is 0.220 e. The normalized spacial score (nSPS) is 39.4. The van der Waals surface area contributed by atoms with Crippen LogP contribution in [-0.4, -0.2) is 62.2 Å². The first-order valence-electron chi connectivity index (χ1n) is 9.18. The molecule has 2 saturated heterocycles. The van der Waals surface area contributed by atoms with Gasteiger partial charge in [-0.1, -0.05) is 30.3 Å². The van der Waals surface area contributed by atoms with Crippen LogP contribution in [0.15, 0.2) is 30.3 Å². The van der Waals surface area contributed by atoms with Gasteiger partial charge < -0.3 is 18.9 Å². The summed E-state index contributed by atoms with van der Waals surface area (Å²) < 4.78 is 38.2. The number of methoxy groups -OCH3 is 2. The zero-order valence-corrected chi connectivity index (χ0v) is 16.3. The van der Waals surface area contributed by atoms with Crippen molar-refractivity contribution >= 4 is 0 Å². The Morgan fingerprint density at radius 1 is 1.12 bits per heavy atom. The summed E-state index contributed by atoms with van der Waals surface area (Å²) in [5, 5.41) is 0. The standard InChI is InChI=1S/C20H30FNO4/c1-14(21)16-12-22(11-15-9-7-6-8-10-15)13-17-18(16)26-20(3,24-5)19(2,23-4)25-17/h6-10,14,16-18H,11-13H2,1-5H3/t14?,16-,17+,18+,19-,20-/m0/s1. The van der Waals surface area contributed by atoms with Gasteiger partial charge in [-0.3, -0.25) is 4.90 Å². The van der Waals surface area contributed by atoms with Crippen molar-refractivity contribution in [1.29, 1.82) is 0 Å². The van der Waals surface area contributed by atoms with Crippen molar-refractivity contribution in [3.8, 4) is 0 Å². The molecule has 2 aliphatic rings. The summed E-state index contributed by atoms with van der Waals surface area (Å²) in [4.78, 5) is 2.23. The molecule has 5 nitrogen and oxygen atoms in total. The third-order valence-electron chi connectivity index (χ3n) is 5.88. The van der Waals surface area contributed by atoms with E-state index in [2.05, 4.69) is 17.0 Å². The van der Waals surface area contributed by atoms with E-state index >= 15 is 0 Å². The van der Waals surface area contributed by atoms with Crippen molar-refractivity contribution in [2.75, 3.05) is 27.3 Å². The van der Waals surface area contributed by atoms with E-state index in [0.29, 0.717) is 13.1 Å². The quantitative estimate of drug-likeness (QED) is 0.800. The molecule has 0 amide bonds. The van der Waals surface area contributed by atoms with Gasteiger partial charge in [-0.05, 0) is 26.3 Å². The van der Waals surface area contributed by atoms with Gasteiger partial charge in [0, 0.05) is 39.8 Å². The Hall–Kier alpha value is -1.05. The molecule has 3 rings (SSSR count). The number of benzene rings is 1. The molecule has 0 spiro atoms. The molecule has 2 fully saturated rings. The monoisotopic (exact) mass is 367 g/mol. The Balaban J connectivity index is 1.83. The van der Waals surface area contributed by atoms with Gasteiger partial charge in [0.1, 0.15) is 12.3 Å². The number of fused-ring (bicyclic) bond motifs is 1. The van der Waals surface area contributed by atoms with Gasteiger partial charge in [-0.25, -0.2) is 4.39 Å². The molecule has 2 heterocycles. The van der Waals surface area contributed by atoms with Gasteiger partial charge >= 0.3 is 0 Å². The minimum atomic E-state index is -1.10. The Morgan fingerprint density at radius 2 is 1.73 bits per heavy atom. The predicted octanol–water partition coefficient (Wildman–Crippen LogP) is 2.99. The number of halogens is 1. The molecule has 0 bridgehead atoms. The van der Waals surface area contributed by atoms with Crippen molar-refractivity contribution in [2.24, 2.45) is 5.92 Å². The molecule has 0 radical (unpaired) electrons. The minimum Gasteiger partial charge on any atom is -0.349 e. The number of nitrogens with zero attached hydrogens (tertiary/aromatic N) is 1. The molecule has 2 aliphatic heterocycles. The SMILES string of the molecule is CO[C@@]1(C)O[C@H]2[C@@H](CN(Cc3ccccc3)C[C@H]2C(C)F)O[C@]1(C)OC. The first-order chi connectivity index (χ1) is 12.3. The summed E-state index contributed by atoms with van der Waals surface area (Å²) in [5.41, 5.74) is 1.20. The highest BCUT2D eigenvalue weighted by Gasteiger charge is 2.59. The van der Waals surface area contributed by atoms with E-state index in [4.69, 9.17) is 18.9 Å². The highest BCUT2D eigenvalue weighted by atomic mass is 19.1. The van der Waals surface area contributed by atoms with Gasteiger partial charge in [-0.15, -0.1) is 0 Å². The van der Waals surface area contributed by atoms with Crippen LogP contribution in [0, 0.1) is 5.92 Å². The molecule has 6 atom stereocenters. The summed E-state index contributed by atoms with van der Waals surface area (Å²) in [7, 11) is 3.13. The van der Waals surface area contributed by atoms with Crippen LogP contribution in [0.25, 0.3) is 0 Å². The van der Waals surface area contributed by atoms with E-state index in [9.17, 15) is 4.39 Å². The molecule has 6 heteroatoms. The lowest BCUT2D eigenvalue weighted by Crippen LogP contribution is -2.70. The minimum absolute atomic E-state index is 0.288. The first-order valence-corrected chi connectivity index (χ1v) is 9.18. The van der Waals surface area contributed by atoms with E-state index in [1.807, 2.05) is 18.2 Å². The van der Waals surface area contributed by atoms with Gasteiger partial charge in [0.2, 0.25) is 11.6 Å². The fourth-order valence-electron chi connectivity index (χ4n) is 3.99. The van der Waals surface area contributed by atoms with Crippen LogP contribution in [0.5, 0.6) is 0 Å². The summed E-state index contributed by atoms with van der Waals surface area (Å²) in [6, 6.07) is 10.2. The molecule has 1 aromatic carbocycles. The maximum atomic E-state index is 14.5. The molecule has 146 valence electrons. The van der Waals surface area contributed by atoms with E-state index in [1.54, 1.807) is 35.0 Å². The molecule has 1 aromatic rings.